The van der Waals surface area contributed by atoms with Crippen LogP contribution in [0.2, 0.25) is 5.02 Å². The lowest BCUT2D eigenvalue weighted by Crippen LogP contribution is -2.32. The first kappa shape index (κ1) is 17.8. The number of benzene rings is 1. The lowest BCUT2D eigenvalue weighted by Gasteiger charge is -2.10. The Morgan fingerprint density at radius 3 is 2.73 bits per heavy atom. The van der Waals surface area contributed by atoms with Crippen LogP contribution in [0.25, 0.3) is 5.82 Å². The second-order valence-corrected chi connectivity index (χ2v) is 6.03. The summed E-state index contributed by atoms with van der Waals surface area (Å²) in [7, 11) is 0. The molecule has 134 valence electrons. The summed E-state index contributed by atoms with van der Waals surface area (Å²) in [6.07, 6.45) is 5.32. The first-order valence-corrected chi connectivity index (χ1v) is 8.50. The van der Waals surface area contributed by atoms with Crippen LogP contribution in [0.5, 0.6) is 0 Å². The third-order valence-corrected chi connectivity index (χ3v) is 4.08. The summed E-state index contributed by atoms with van der Waals surface area (Å²) in [6, 6.07) is 10.8. The number of halogens is 1. The minimum Gasteiger partial charge on any atom is -0.368 e. The van der Waals surface area contributed by atoms with Gasteiger partial charge in [-0.05, 0) is 36.8 Å². The normalized spacial score (nSPS) is 10.4. The van der Waals surface area contributed by atoms with Crippen LogP contribution in [0.4, 0.5) is 16.3 Å². The van der Waals surface area contributed by atoms with Gasteiger partial charge < -0.3 is 20.5 Å². The molecule has 2 amide bonds. The molecule has 0 atom stereocenters. The maximum atomic E-state index is 11.9. The third-order valence-electron chi connectivity index (χ3n) is 3.67. The number of amides is 2. The van der Waals surface area contributed by atoms with Crippen molar-refractivity contribution in [3.8, 4) is 5.82 Å². The number of aryl methyl sites for hydroxylation is 1. The Kier molecular flexibility index (Phi) is 5.70. The van der Waals surface area contributed by atoms with E-state index in [9.17, 15) is 4.79 Å². The fourth-order valence-electron chi connectivity index (χ4n) is 2.28. The number of rotatable bonds is 6. The zero-order chi connectivity index (χ0) is 18.4. The molecule has 0 saturated carbocycles. The summed E-state index contributed by atoms with van der Waals surface area (Å²) in [4.78, 5) is 20.3. The second-order valence-electron chi connectivity index (χ2n) is 5.62. The SMILES string of the molecule is Cc1ccc(NC(=O)NCCNc2cc(-n3cccc3)ncn2)cc1Cl. The number of hydrogen-bond donors (Lipinski definition) is 3. The minimum atomic E-state index is -0.289. The Morgan fingerprint density at radius 1 is 1.15 bits per heavy atom. The van der Waals surface area contributed by atoms with Crippen LogP contribution in [-0.4, -0.2) is 33.7 Å². The van der Waals surface area contributed by atoms with Crippen LogP contribution in [0.15, 0.2) is 55.1 Å². The molecule has 0 aliphatic carbocycles. The van der Waals surface area contributed by atoms with E-state index in [1.54, 1.807) is 6.07 Å². The van der Waals surface area contributed by atoms with Crippen molar-refractivity contribution in [2.75, 3.05) is 23.7 Å². The van der Waals surface area contributed by atoms with Gasteiger partial charge in [0.1, 0.15) is 18.0 Å². The van der Waals surface area contributed by atoms with E-state index in [1.807, 2.05) is 54.2 Å². The van der Waals surface area contributed by atoms with Gasteiger partial charge >= 0.3 is 6.03 Å². The number of hydrogen-bond acceptors (Lipinski definition) is 4. The lowest BCUT2D eigenvalue weighted by atomic mass is 10.2. The van der Waals surface area contributed by atoms with E-state index >= 15 is 0 Å². The van der Waals surface area contributed by atoms with Crippen LogP contribution in [0, 0.1) is 6.92 Å². The van der Waals surface area contributed by atoms with Crippen LogP contribution in [0.3, 0.4) is 0 Å². The summed E-state index contributed by atoms with van der Waals surface area (Å²) >= 11 is 6.05. The van der Waals surface area contributed by atoms with E-state index in [4.69, 9.17) is 11.6 Å². The van der Waals surface area contributed by atoms with Gasteiger partial charge in [0.05, 0.1) is 0 Å². The number of urea groups is 1. The van der Waals surface area contributed by atoms with Gasteiger partial charge in [0, 0.05) is 42.3 Å². The van der Waals surface area contributed by atoms with Crippen molar-refractivity contribution >= 4 is 29.1 Å². The Hall–Kier alpha value is -3.06. The van der Waals surface area contributed by atoms with E-state index in [0.29, 0.717) is 29.6 Å². The van der Waals surface area contributed by atoms with Crippen LogP contribution >= 0.6 is 11.6 Å². The predicted octanol–water partition coefficient (Wildman–Crippen LogP) is 3.46. The quantitative estimate of drug-likeness (QED) is 0.580. The van der Waals surface area contributed by atoms with Crippen molar-refractivity contribution < 1.29 is 4.79 Å². The van der Waals surface area contributed by atoms with Crippen molar-refractivity contribution in [3.63, 3.8) is 0 Å². The molecule has 0 fully saturated rings. The standard InChI is InChI=1S/C18H19ClN6O/c1-13-4-5-14(10-15(13)19)24-18(26)21-7-6-20-16-11-17(23-12-22-16)25-8-2-3-9-25/h2-5,8-12H,6-7H2,1H3,(H,20,22,23)(H2,21,24,26). The molecular formula is C18H19ClN6O. The number of nitrogens with one attached hydrogen (secondary N) is 3. The average Bonchev–Trinajstić information content (AvgIpc) is 3.17. The smallest absolute Gasteiger partial charge is 0.319 e. The summed E-state index contributed by atoms with van der Waals surface area (Å²) in [5, 5.41) is 9.29. The van der Waals surface area contributed by atoms with E-state index < -0.39 is 0 Å². The monoisotopic (exact) mass is 370 g/mol. The van der Waals surface area contributed by atoms with Crippen LogP contribution in [0.1, 0.15) is 5.56 Å². The molecule has 0 unspecified atom stereocenters. The Morgan fingerprint density at radius 2 is 1.96 bits per heavy atom. The fourth-order valence-corrected chi connectivity index (χ4v) is 2.47. The number of carbonyl (C=O) groups is 1. The Labute approximate surface area is 156 Å². The summed E-state index contributed by atoms with van der Waals surface area (Å²) in [5.74, 6) is 1.46. The maximum Gasteiger partial charge on any atom is 0.319 e. The molecule has 8 heteroatoms. The van der Waals surface area contributed by atoms with Gasteiger partial charge in [-0.2, -0.15) is 0 Å². The molecule has 0 saturated heterocycles. The van der Waals surface area contributed by atoms with Gasteiger partial charge in [-0.1, -0.05) is 17.7 Å². The molecule has 0 radical (unpaired) electrons. The van der Waals surface area contributed by atoms with Gasteiger partial charge in [-0.15, -0.1) is 0 Å². The first-order valence-electron chi connectivity index (χ1n) is 8.12. The first-order chi connectivity index (χ1) is 12.6. The molecular weight excluding hydrogens is 352 g/mol. The topological polar surface area (TPSA) is 83.9 Å². The molecule has 2 heterocycles. The highest BCUT2D eigenvalue weighted by Crippen LogP contribution is 2.19. The van der Waals surface area contributed by atoms with Crippen molar-refractivity contribution in [3.05, 3.63) is 65.7 Å². The van der Waals surface area contributed by atoms with Crippen molar-refractivity contribution in [2.24, 2.45) is 0 Å². The van der Waals surface area contributed by atoms with Gasteiger partial charge in [-0.3, -0.25) is 0 Å². The van der Waals surface area contributed by atoms with E-state index in [1.165, 1.54) is 6.33 Å². The zero-order valence-corrected chi connectivity index (χ0v) is 15.0. The highest BCUT2D eigenvalue weighted by atomic mass is 35.5. The van der Waals surface area contributed by atoms with E-state index in [-0.39, 0.29) is 6.03 Å². The maximum absolute atomic E-state index is 11.9. The lowest BCUT2D eigenvalue weighted by molar-refractivity contribution is 0.252. The number of carbonyl (C=O) groups excluding carboxylic acids is 1. The van der Waals surface area contributed by atoms with Crippen molar-refractivity contribution in [2.45, 2.75) is 6.92 Å². The Balaban J connectivity index is 1.44. The molecule has 3 N–H and O–H groups in total. The van der Waals surface area contributed by atoms with Gasteiger partial charge in [0.25, 0.3) is 0 Å². The van der Waals surface area contributed by atoms with E-state index in [2.05, 4.69) is 25.9 Å². The molecule has 0 aliphatic rings. The number of anilines is 2. The molecule has 26 heavy (non-hydrogen) atoms. The van der Waals surface area contributed by atoms with E-state index in [0.717, 1.165) is 11.4 Å². The molecule has 3 rings (SSSR count). The van der Waals surface area contributed by atoms with Crippen molar-refractivity contribution in [1.82, 2.24) is 19.9 Å². The minimum absolute atomic E-state index is 0.289. The predicted molar refractivity (Wildman–Crippen MR) is 103 cm³/mol. The average molecular weight is 371 g/mol. The van der Waals surface area contributed by atoms with Crippen molar-refractivity contribution in [1.29, 1.82) is 0 Å². The molecule has 0 aliphatic heterocycles. The molecule has 0 bridgehead atoms. The highest BCUT2D eigenvalue weighted by molar-refractivity contribution is 6.31. The van der Waals surface area contributed by atoms with Gasteiger partial charge in [-0.25, -0.2) is 14.8 Å². The number of aromatic nitrogens is 3. The summed E-state index contributed by atoms with van der Waals surface area (Å²) in [6.45, 7) is 2.88. The van der Waals surface area contributed by atoms with Gasteiger partial charge in [0.2, 0.25) is 0 Å². The largest absolute Gasteiger partial charge is 0.368 e. The third kappa shape index (κ3) is 4.73. The molecule has 1 aromatic carbocycles. The fraction of sp³-hybridized carbons (Fsp3) is 0.167. The summed E-state index contributed by atoms with van der Waals surface area (Å²) < 4.78 is 1.89. The van der Waals surface area contributed by atoms with Crippen LogP contribution < -0.4 is 16.0 Å². The molecule has 3 aromatic rings. The summed E-state index contributed by atoms with van der Waals surface area (Å²) in [5.41, 5.74) is 1.61. The van der Waals surface area contributed by atoms with Gasteiger partial charge in [0.15, 0.2) is 0 Å². The molecule has 7 nitrogen and oxygen atoms in total. The van der Waals surface area contributed by atoms with Crippen LogP contribution in [-0.2, 0) is 0 Å². The Bertz CT molecular complexity index is 881. The molecule has 2 aromatic heterocycles. The molecule has 0 spiro atoms. The highest BCUT2D eigenvalue weighted by Gasteiger charge is 2.04. The zero-order valence-electron chi connectivity index (χ0n) is 14.2. The second kappa shape index (κ2) is 8.35. The number of nitrogens with zero attached hydrogens (tertiary/aromatic N) is 3.